The molecule has 25 heavy (non-hydrogen) atoms. The highest BCUT2D eigenvalue weighted by Gasteiger charge is 2.29. The number of rotatable bonds is 3. The Bertz CT molecular complexity index is 780. The largest absolute Gasteiger partial charge is 0.338 e. The van der Waals surface area contributed by atoms with E-state index in [1.165, 1.54) is 0 Å². The first kappa shape index (κ1) is 17.8. The lowest BCUT2D eigenvalue weighted by molar-refractivity contribution is -0.121. The van der Waals surface area contributed by atoms with Gasteiger partial charge in [0.25, 0.3) is 5.91 Å². The third kappa shape index (κ3) is 4.33. The van der Waals surface area contributed by atoms with Crippen LogP contribution in [0.4, 0.5) is 5.69 Å². The first-order valence-electron chi connectivity index (χ1n) is 8.15. The smallest absolute Gasteiger partial charge is 0.255 e. The van der Waals surface area contributed by atoms with E-state index in [4.69, 9.17) is 23.2 Å². The zero-order valence-corrected chi connectivity index (χ0v) is 15.1. The van der Waals surface area contributed by atoms with Crippen molar-refractivity contribution < 1.29 is 9.59 Å². The number of nitrogens with one attached hydrogen (secondary N) is 1. The van der Waals surface area contributed by atoms with E-state index in [0.29, 0.717) is 28.7 Å². The van der Waals surface area contributed by atoms with Crippen LogP contribution in [0.25, 0.3) is 0 Å². The van der Waals surface area contributed by atoms with Gasteiger partial charge in [0.2, 0.25) is 5.91 Å². The molecule has 6 heteroatoms. The molecule has 0 aliphatic carbocycles. The average molecular weight is 377 g/mol. The van der Waals surface area contributed by atoms with Crippen LogP contribution in [-0.4, -0.2) is 29.8 Å². The molecule has 2 amide bonds. The lowest BCUT2D eigenvalue weighted by Gasteiger charge is -2.32. The summed E-state index contributed by atoms with van der Waals surface area (Å²) in [6.07, 6.45) is 1.54. The normalized spacial score (nSPS) is 17.2. The molecule has 1 saturated heterocycles. The van der Waals surface area contributed by atoms with Gasteiger partial charge in [-0.1, -0.05) is 41.4 Å². The maximum Gasteiger partial charge on any atom is 0.255 e. The summed E-state index contributed by atoms with van der Waals surface area (Å²) in [6.45, 7) is 1.00. The van der Waals surface area contributed by atoms with E-state index < -0.39 is 0 Å². The first-order valence-corrected chi connectivity index (χ1v) is 8.90. The number of benzene rings is 2. The second kappa shape index (κ2) is 7.89. The molecule has 1 N–H and O–H groups in total. The minimum atomic E-state index is -0.232. The van der Waals surface area contributed by atoms with Crippen molar-refractivity contribution in [3.05, 3.63) is 64.1 Å². The highest BCUT2D eigenvalue weighted by molar-refractivity contribution is 6.36. The minimum absolute atomic E-state index is 0.0640. The molecule has 1 atom stereocenters. The molecule has 2 aromatic rings. The van der Waals surface area contributed by atoms with Crippen LogP contribution in [-0.2, 0) is 4.79 Å². The maximum atomic E-state index is 12.7. The van der Waals surface area contributed by atoms with Crippen molar-refractivity contribution in [2.45, 2.75) is 12.8 Å². The number of hydrogen-bond acceptors (Lipinski definition) is 2. The van der Waals surface area contributed by atoms with Gasteiger partial charge in [0.15, 0.2) is 0 Å². The fourth-order valence-corrected chi connectivity index (χ4v) is 3.46. The summed E-state index contributed by atoms with van der Waals surface area (Å²) in [7, 11) is 0. The van der Waals surface area contributed by atoms with E-state index in [1.807, 2.05) is 30.3 Å². The third-order valence-electron chi connectivity index (χ3n) is 4.28. The lowest BCUT2D eigenvalue weighted by Crippen LogP contribution is -2.43. The van der Waals surface area contributed by atoms with Gasteiger partial charge in [-0.15, -0.1) is 0 Å². The molecule has 1 aliphatic rings. The fraction of sp³-hybridized carbons (Fsp3) is 0.263. The van der Waals surface area contributed by atoms with Crippen LogP contribution in [0.1, 0.15) is 23.2 Å². The number of para-hydroxylation sites is 1. The average Bonchev–Trinajstić information content (AvgIpc) is 2.62. The second-order valence-corrected chi connectivity index (χ2v) is 6.91. The third-order valence-corrected chi connectivity index (χ3v) is 4.83. The van der Waals surface area contributed by atoms with Gasteiger partial charge in [0.1, 0.15) is 0 Å². The van der Waals surface area contributed by atoms with Gasteiger partial charge < -0.3 is 10.2 Å². The predicted octanol–water partition coefficient (Wildman–Crippen LogP) is 4.48. The van der Waals surface area contributed by atoms with Crippen molar-refractivity contribution in [3.63, 3.8) is 0 Å². The van der Waals surface area contributed by atoms with E-state index >= 15 is 0 Å². The molecule has 1 heterocycles. The lowest BCUT2D eigenvalue weighted by atomic mass is 9.96. The van der Waals surface area contributed by atoms with E-state index in [9.17, 15) is 9.59 Å². The Hall–Kier alpha value is -2.04. The molecule has 0 saturated carbocycles. The Kier molecular flexibility index (Phi) is 5.61. The molecule has 1 fully saturated rings. The molecule has 130 valence electrons. The number of halogens is 2. The molecule has 0 spiro atoms. The van der Waals surface area contributed by atoms with Gasteiger partial charge in [-0.2, -0.15) is 0 Å². The highest BCUT2D eigenvalue weighted by Crippen LogP contribution is 2.25. The molecule has 0 bridgehead atoms. The Morgan fingerprint density at radius 1 is 1.08 bits per heavy atom. The SMILES string of the molecule is O=C(Nc1ccccc1)C1CCCN(C(=O)c2ccc(Cl)cc2Cl)C1. The van der Waals surface area contributed by atoms with E-state index in [2.05, 4.69) is 5.32 Å². The van der Waals surface area contributed by atoms with E-state index in [0.717, 1.165) is 18.5 Å². The van der Waals surface area contributed by atoms with Crippen LogP contribution in [0.5, 0.6) is 0 Å². The molecule has 0 radical (unpaired) electrons. The molecule has 1 unspecified atom stereocenters. The quantitative estimate of drug-likeness (QED) is 0.857. The molecular weight excluding hydrogens is 359 g/mol. The monoisotopic (exact) mass is 376 g/mol. The van der Waals surface area contributed by atoms with Gasteiger partial charge in [-0.05, 0) is 43.2 Å². The number of anilines is 1. The molecular formula is C19H18Cl2N2O2. The van der Waals surface area contributed by atoms with Crippen LogP contribution >= 0.6 is 23.2 Å². The van der Waals surface area contributed by atoms with Crippen LogP contribution < -0.4 is 5.32 Å². The van der Waals surface area contributed by atoms with Gasteiger partial charge in [0.05, 0.1) is 16.5 Å². The Labute approximate surface area is 156 Å². The number of hydrogen-bond donors (Lipinski definition) is 1. The van der Waals surface area contributed by atoms with Crippen molar-refractivity contribution in [2.75, 3.05) is 18.4 Å². The molecule has 3 rings (SSSR count). The number of amides is 2. The number of nitrogens with zero attached hydrogens (tertiary/aromatic N) is 1. The maximum absolute atomic E-state index is 12.7. The first-order chi connectivity index (χ1) is 12.0. The van der Waals surface area contributed by atoms with Gasteiger partial charge in [-0.3, -0.25) is 9.59 Å². The summed E-state index contributed by atoms with van der Waals surface area (Å²) in [5, 5.41) is 3.72. The standard InChI is InChI=1S/C19H18Cl2N2O2/c20-14-8-9-16(17(21)11-14)19(25)23-10-4-5-13(12-23)18(24)22-15-6-2-1-3-7-15/h1-3,6-9,11,13H,4-5,10,12H2,(H,22,24). The molecule has 4 nitrogen and oxygen atoms in total. The summed E-state index contributed by atoms with van der Waals surface area (Å²) < 4.78 is 0. The van der Waals surface area contributed by atoms with E-state index in [1.54, 1.807) is 23.1 Å². The van der Waals surface area contributed by atoms with Gasteiger partial charge in [0, 0.05) is 23.8 Å². The zero-order valence-electron chi connectivity index (χ0n) is 13.5. The Morgan fingerprint density at radius 3 is 2.56 bits per heavy atom. The Balaban J connectivity index is 1.68. The number of carbonyl (C=O) groups is 2. The number of likely N-dealkylation sites (tertiary alicyclic amines) is 1. The predicted molar refractivity (Wildman–Crippen MR) is 100 cm³/mol. The second-order valence-electron chi connectivity index (χ2n) is 6.07. The molecule has 0 aromatic heterocycles. The molecule has 2 aromatic carbocycles. The highest BCUT2D eigenvalue weighted by atomic mass is 35.5. The summed E-state index contributed by atoms with van der Waals surface area (Å²) in [6, 6.07) is 14.1. The number of carbonyl (C=O) groups excluding carboxylic acids is 2. The van der Waals surface area contributed by atoms with Crippen molar-refractivity contribution in [3.8, 4) is 0 Å². The number of piperidine rings is 1. The van der Waals surface area contributed by atoms with E-state index in [-0.39, 0.29) is 17.7 Å². The van der Waals surface area contributed by atoms with Gasteiger partial charge in [-0.25, -0.2) is 0 Å². The zero-order chi connectivity index (χ0) is 17.8. The minimum Gasteiger partial charge on any atom is -0.338 e. The van der Waals surface area contributed by atoms with Gasteiger partial charge >= 0.3 is 0 Å². The van der Waals surface area contributed by atoms with Crippen molar-refractivity contribution in [1.29, 1.82) is 0 Å². The fourth-order valence-electron chi connectivity index (χ4n) is 2.97. The summed E-state index contributed by atoms with van der Waals surface area (Å²) >= 11 is 12.0. The van der Waals surface area contributed by atoms with Crippen LogP contribution in [0.2, 0.25) is 10.0 Å². The topological polar surface area (TPSA) is 49.4 Å². The molecule has 1 aliphatic heterocycles. The van der Waals surface area contributed by atoms with Crippen LogP contribution in [0.3, 0.4) is 0 Å². The summed E-state index contributed by atoms with van der Waals surface area (Å²) in [5.41, 5.74) is 1.17. The van der Waals surface area contributed by atoms with Crippen molar-refractivity contribution in [2.24, 2.45) is 5.92 Å². The summed E-state index contributed by atoms with van der Waals surface area (Å²) in [4.78, 5) is 26.9. The van der Waals surface area contributed by atoms with Crippen LogP contribution in [0.15, 0.2) is 48.5 Å². The van der Waals surface area contributed by atoms with Crippen LogP contribution in [0, 0.1) is 5.92 Å². The Morgan fingerprint density at radius 2 is 1.84 bits per heavy atom. The van der Waals surface area contributed by atoms with Crippen molar-refractivity contribution in [1.82, 2.24) is 4.90 Å². The summed E-state index contributed by atoms with van der Waals surface area (Å²) in [5.74, 6) is -0.464. The van der Waals surface area contributed by atoms with Crippen molar-refractivity contribution >= 4 is 40.7 Å².